The fourth-order valence-electron chi connectivity index (χ4n) is 1.96. The van der Waals surface area contributed by atoms with Gasteiger partial charge in [-0.05, 0) is 48.5 Å². The summed E-state index contributed by atoms with van der Waals surface area (Å²) in [5.41, 5.74) is 1.66. The van der Waals surface area contributed by atoms with Gasteiger partial charge in [-0.25, -0.2) is 4.39 Å². The summed E-state index contributed by atoms with van der Waals surface area (Å²) in [5.74, 6) is -0.327. The SMILES string of the molecule is CCN(CC(=O)c1ccc(F)cc1)Cc1ccncc1. The Hall–Kier alpha value is -2.07. The van der Waals surface area contributed by atoms with Crippen LogP contribution in [0.2, 0.25) is 0 Å². The molecular formula is C16H17FN2O. The number of carbonyl (C=O) groups is 1. The van der Waals surface area contributed by atoms with Gasteiger partial charge in [0.2, 0.25) is 0 Å². The molecule has 0 aliphatic carbocycles. The Balaban J connectivity index is 1.99. The van der Waals surface area contributed by atoms with Gasteiger partial charge < -0.3 is 0 Å². The van der Waals surface area contributed by atoms with Crippen LogP contribution < -0.4 is 0 Å². The molecule has 1 heterocycles. The number of hydrogen-bond donors (Lipinski definition) is 0. The van der Waals surface area contributed by atoms with Gasteiger partial charge in [0, 0.05) is 24.5 Å². The summed E-state index contributed by atoms with van der Waals surface area (Å²) in [7, 11) is 0. The third-order valence-corrected chi connectivity index (χ3v) is 3.14. The molecule has 104 valence electrons. The van der Waals surface area contributed by atoms with Crippen molar-refractivity contribution in [3.05, 3.63) is 65.7 Å². The Morgan fingerprint density at radius 1 is 1.15 bits per heavy atom. The highest BCUT2D eigenvalue weighted by molar-refractivity contribution is 5.97. The molecule has 0 aliphatic heterocycles. The minimum absolute atomic E-state index is 0.000839. The van der Waals surface area contributed by atoms with Crippen LogP contribution in [0.25, 0.3) is 0 Å². The van der Waals surface area contributed by atoms with Gasteiger partial charge in [-0.15, -0.1) is 0 Å². The number of pyridine rings is 1. The van der Waals surface area contributed by atoms with E-state index >= 15 is 0 Å². The zero-order chi connectivity index (χ0) is 14.4. The van der Waals surface area contributed by atoms with Crippen LogP contribution in [0.1, 0.15) is 22.8 Å². The van der Waals surface area contributed by atoms with Crippen molar-refractivity contribution < 1.29 is 9.18 Å². The molecule has 0 fully saturated rings. The molecule has 0 spiro atoms. The van der Waals surface area contributed by atoms with Gasteiger partial charge in [0.05, 0.1) is 6.54 Å². The maximum atomic E-state index is 12.8. The smallest absolute Gasteiger partial charge is 0.176 e. The van der Waals surface area contributed by atoms with Crippen molar-refractivity contribution in [3.63, 3.8) is 0 Å². The van der Waals surface area contributed by atoms with Crippen LogP contribution in [0.4, 0.5) is 4.39 Å². The van der Waals surface area contributed by atoms with Gasteiger partial charge in [0.15, 0.2) is 5.78 Å². The number of likely N-dealkylation sites (N-methyl/N-ethyl adjacent to an activating group) is 1. The number of hydrogen-bond acceptors (Lipinski definition) is 3. The highest BCUT2D eigenvalue weighted by atomic mass is 19.1. The van der Waals surface area contributed by atoms with Crippen LogP contribution in [-0.4, -0.2) is 28.8 Å². The Morgan fingerprint density at radius 3 is 2.40 bits per heavy atom. The van der Waals surface area contributed by atoms with Gasteiger partial charge in [-0.3, -0.25) is 14.7 Å². The zero-order valence-corrected chi connectivity index (χ0v) is 11.4. The van der Waals surface area contributed by atoms with Crippen LogP contribution in [0.15, 0.2) is 48.8 Å². The zero-order valence-electron chi connectivity index (χ0n) is 11.4. The van der Waals surface area contributed by atoms with E-state index in [9.17, 15) is 9.18 Å². The highest BCUT2D eigenvalue weighted by Crippen LogP contribution is 2.07. The summed E-state index contributed by atoms with van der Waals surface area (Å²) in [5, 5.41) is 0. The largest absolute Gasteiger partial charge is 0.293 e. The number of rotatable bonds is 6. The summed E-state index contributed by atoms with van der Waals surface area (Å²) in [6.45, 7) is 3.81. The van der Waals surface area contributed by atoms with Gasteiger partial charge in [0.1, 0.15) is 5.82 Å². The molecule has 4 heteroatoms. The quantitative estimate of drug-likeness (QED) is 0.758. The van der Waals surface area contributed by atoms with Crippen LogP contribution >= 0.6 is 0 Å². The summed E-state index contributed by atoms with van der Waals surface area (Å²) >= 11 is 0. The Labute approximate surface area is 118 Å². The second kappa shape index (κ2) is 6.91. The molecule has 0 saturated carbocycles. The first kappa shape index (κ1) is 14.3. The predicted molar refractivity (Wildman–Crippen MR) is 75.9 cm³/mol. The highest BCUT2D eigenvalue weighted by Gasteiger charge is 2.11. The van der Waals surface area contributed by atoms with Gasteiger partial charge in [-0.1, -0.05) is 6.92 Å². The van der Waals surface area contributed by atoms with E-state index in [0.717, 1.165) is 12.1 Å². The number of aromatic nitrogens is 1. The first-order valence-electron chi connectivity index (χ1n) is 6.59. The van der Waals surface area contributed by atoms with E-state index in [1.807, 2.05) is 24.0 Å². The van der Waals surface area contributed by atoms with Crippen molar-refractivity contribution >= 4 is 5.78 Å². The molecule has 20 heavy (non-hydrogen) atoms. The average molecular weight is 272 g/mol. The van der Waals surface area contributed by atoms with E-state index in [1.165, 1.54) is 24.3 Å². The van der Waals surface area contributed by atoms with Crippen LogP contribution in [0, 0.1) is 5.82 Å². The van der Waals surface area contributed by atoms with Crippen molar-refractivity contribution in [1.82, 2.24) is 9.88 Å². The van der Waals surface area contributed by atoms with E-state index < -0.39 is 0 Å². The van der Waals surface area contributed by atoms with Gasteiger partial charge in [0.25, 0.3) is 0 Å². The normalized spacial score (nSPS) is 10.8. The molecule has 0 N–H and O–H groups in total. The molecule has 0 saturated heterocycles. The van der Waals surface area contributed by atoms with E-state index in [0.29, 0.717) is 18.7 Å². The Bertz CT molecular complexity index is 554. The summed E-state index contributed by atoms with van der Waals surface area (Å²) in [4.78, 5) is 18.2. The molecule has 0 unspecified atom stereocenters. The lowest BCUT2D eigenvalue weighted by atomic mass is 10.1. The number of Topliss-reactive ketones (excluding diaryl/α,β-unsaturated/α-hetero) is 1. The molecule has 0 amide bonds. The van der Waals surface area contributed by atoms with Crippen LogP contribution in [0.5, 0.6) is 0 Å². The van der Waals surface area contributed by atoms with Gasteiger partial charge >= 0.3 is 0 Å². The monoisotopic (exact) mass is 272 g/mol. The molecule has 0 bridgehead atoms. The third-order valence-electron chi connectivity index (χ3n) is 3.14. The molecule has 0 radical (unpaired) electrons. The first-order chi connectivity index (χ1) is 9.69. The summed E-state index contributed by atoms with van der Waals surface area (Å²) in [6, 6.07) is 9.55. The second-order valence-corrected chi connectivity index (χ2v) is 4.59. The maximum absolute atomic E-state index is 12.8. The topological polar surface area (TPSA) is 33.2 Å². The van der Waals surface area contributed by atoms with Gasteiger partial charge in [-0.2, -0.15) is 0 Å². The number of benzene rings is 1. The Kier molecular flexibility index (Phi) is 4.96. The van der Waals surface area contributed by atoms with Crippen molar-refractivity contribution in [2.75, 3.05) is 13.1 Å². The number of halogens is 1. The molecular weight excluding hydrogens is 255 g/mol. The number of carbonyl (C=O) groups excluding carboxylic acids is 1. The lowest BCUT2D eigenvalue weighted by Crippen LogP contribution is -2.29. The third kappa shape index (κ3) is 3.96. The molecule has 2 rings (SSSR count). The molecule has 3 nitrogen and oxygen atoms in total. The molecule has 1 aromatic heterocycles. The minimum Gasteiger partial charge on any atom is -0.293 e. The minimum atomic E-state index is -0.328. The number of nitrogens with zero attached hydrogens (tertiary/aromatic N) is 2. The molecule has 0 aliphatic rings. The lowest BCUT2D eigenvalue weighted by molar-refractivity contribution is 0.0929. The maximum Gasteiger partial charge on any atom is 0.176 e. The second-order valence-electron chi connectivity index (χ2n) is 4.59. The fourth-order valence-corrected chi connectivity index (χ4v) is 1.96. The van der Waals surface area contributed by atoms with Crippen molar-refractivity contribution in [1.29, 1.82) is 0 Å². The number of ketones is 1. The van der Waals surface area contributed by atoms with Crippen LogP contribution in [0.3, 0.4) is 0 Å². The van der Waals surface area contributed by atoms with E-state index in [1.54, 1.807) is 12.4 Å². The summed E-state index contributed by atoms with van der Waals surface area (Å²) in [6.07, 6.45) is 3.48. The first-order valence-corrected chi connectivity index (χ1v) is 6.59. The van der Waals surface area contributed by atoms with Crippen molar-refractivity contribution in [2.45, 2.75) is 13.5 Å². The predicted octanol–water partition coefficient (Wildman–Crippen LogP) is 2.93. The average Bonchev–Trinajstić information content (AvgIpc) is 2.48. The van der Waals surface area contributed by atoms with E-state index in [-0.39, 0.29) is 11.6 Å². The lowest BCUT2D eigenvalue weighted by Gasteiger charge is -2.19. The molecule has 0 atom stereocenters. The van der Waals surface area contributed by atoms with E-state index in [4.69, 9.17) is 0 Å². The summed E-state index contributed by atoms with van der Waals surface area (Å²) < 4.78 is 12.8. The van der Waals surface area contributed by atoms with Crippen LogP contribution in [-0.2, 0) is 6.54 Å². The fraction of sp³-hybridized carbons (Fsp3) is 0.250. The Morgan fingerprint density at radius 2 is 1.80 bits per heavy atom. The standard InChI is InChI=1S/C16H17FN2O/c1-2-19(11-13-7-9-18-10-8-13)12-16(20)14-3-5-15(17)6-4-14/h3-10H,2,11-12H2,1H3. The molecule has 2 aromatic rings. The molecule has 1 aromatic carbocycles. The van der Waals surface area contributed by atoms with Crippen molar-refractivity contribution in [3.8, 4) is 0 Å². The van der Waals surface area contributed by atoms with Crippen molar-refractivity contribution in [2.24, 2.45) is 0 Å². The van der Waals surface area contributed by atoms with E-state index in [2.05, 4.69) is 4.98 Å².